The molecule has 0 spiro atoms. The van der Waals surface area contributed by atoms with Crippen LogP contribution in [0.15, 0.2) is 59.4 Å². The number of fused-ring (bicyclic) bond motifs is 1. The summed E-state index contributed by atoms with van der Waals surface area (Å²) in [6, 6.07) is 16.6. The van der Waals surface area contributed by atoms with E-state index in [1.54, 1.807) is 10.6 Å². The smallest absolute Gasteiger partial charge is 0.262 e. The minimum Gasteiger partial charge on any atom is -0.329 e. The lowest BCUT2D eigenvalue weighted by molar-refractivity contribution is -0.919. The Morgan fingerprint density at radius 2 is 1.71 bits per heavy atom. The fourth-order valence-corrected chi connectivity index (χ4v) is 3.83. The lowest BCUT2D eigenvalue weighted by atomic mass is 10.1. The molecule has 0 bridgehead atoms. The monoisotopic (exact) mass is 377 g/mol. The van der Waals surface area contributed by atoms with Gasteiger partial charge in [0.2, 0.25) is 5.91 Å². The minimum atomic E-state index is -0.222. The molecule has 144 valence electrons. The summed E-state index contributed by atoms with van der Waals surface area (Å²) in [6.07, 6.45) is 3.66. The molecule has 0 unspecified atom stereocenters. The van der Waals surface area contributed by atoms with E-state index in [2.05, 4.69) is 5.32 Å². The van der Waals surface area contributed by atoms with Crippen LogP contribution in [-0.4, -0.2) is 28.5 Å². The van der Waals surface area contributed by atoms with Crippen LogP contribution in [-0.2, 0) is 17.9 Å². The van der Waals surface area contributed by atoms with Gasteiger partial charge < -0.3 is 10.2 Å². The molecule has 0 aliphatic carbocycles. The molecule has 6 heteroatoms. The van der Waals surface area contributed by atoms with E-state index in [4.69, 9.17) is 4.98 Å². The maximum absolute atomic E-state index is 13.1. The molecule has 2 N–H and O–H groups in total. The second-order valence-corrected chi connectivity index (χ2v) is 7.34. The zero-order valence-corrected chi connectivity index (χ0v) is 15.9. The number of hydrogen-bond acceptors (Lipinski definition) is 3. The zero-order chi connectivity index (χ0) is 19.3. The van der Waals surface area contributed by atoms with Gasteiger partial charge in [0.15, 0.2) is 5.82 Å². The van der Waals surface area contributed by atoms with Crippen LogP contribution in [0.25, 0.3) is 10.9 Å². The summed E-state index contributed by atoms with van der Waals surface area (Å²) in [5, 5.41) is 3.41. The number of aromatic nitrogens is 2. The van der Waals surface area contributed by atoms with Crippen molar-refractivity contribution >= 4 is 22.5 Å². The van der Waals surface area contributed by atoms with Crippen LogP contribution >= 0.6 is 0 Å². The SMILES string of the molecule is O=C(Cn1c(C[NH+]2CCCCC2)nc2ccccc2c1=O)Nc1ccccc1. The van der Waals surface area contributed by atoms with Crippen molar-refractivity contribution in [2.45, 2.75) is 32.4 Å². The van der Waals surface area contributed by atoms with Crippen molar-refractivity contribution in [2.75, 3.05) is 18.4 Å². The summed E-state index contributed by atoms with van der Waals surface area (Å²) in [4.78, 5) is 31.9. The van der Waals surface area contributed by atoms with Crippen molar-refractivity contribution in [3.63, 3.8) is 0 Å². The molecule has 0 atom stereocenters. The molecule has 2 aromatic carbocycles. The maximum atomic E-state index is 13.1. The molecule has 1 saturated heterocycles. The van der Waals surface area contributed by atoms with Crippen LogP contribution in [0.3, 0.4) is 0 Å². The molecule has 4 rings (SSSR count). The van der Waals surface area contributed by atoms with Crippen molar-refractivity contribution < 1.29 is 9.69 Å². The number of carbonyl (C=O) groups excluding carboxylic acids is 1. The Morgan fingerprint density at radius 1 is 1.00 bits per heavy atom. The van der Waals surface area contributed by atoms with Crippen LogP contribution in [0.2, 0.25) is 0 Å². The highest BCUT2D eigenvalue weighted by atomic mass is 16.2. The molecule has 1 amide bonds. The maximum Gasteiger partial charge on any atom is 0.262 e. The summed E-state index contributed by atoms with van der Waals surface area (Å²) in [5.41, 5.74) is 1.26. The minimum absolute atomic E-state index is 0.0336. The second kappa shape index (κ2) is 8.35. The normalized spacial score (nSPS) is 14.9. The Kier molecular flexibility index (Phi) is 5.48. The van der Waals surface area contributed by atoms with Gasteiger partial charge in [0, 0.05) is 5.69 Å². The van der Waals surface area contributed by atoms with Gasteiger partial charge in [-0.1, -0.05) is 30.3 Å². The molecule has 1 fully saturated rings. The number of benzene rings is 2. The summed E-state index contributed by atoms with van der Waals surface area (Å²) in [5.74, 6) is 0.462. The van der Waals surface area contributed by atoms with Crippen molar-refractivity contribution in [1.29, 1.82) is 0 Å². The van der Waals surface area contributed by atoms with E-state index in [0.717, 1.165) is 18.8 Å². The number of anilines is 1. The van der Waals surface area contributed by atoms with E-state index < -0.39 is 0 Å². The summed E-state index contributed by atoms with van der Waals surface area (Å²) in [6.45, 7) is 2.80. The third kappa shape index (κ3) is 4.12. The van der Waals surface area contributed by atoms with Crippen LogP contribution in [0.1, 0.15) is 25.1 Å². The van der Waals surface area contributed by atoms with E-state index in [1.165, 1.54) is 24.2 Å². The van der Waals surface area contributed by atoms with Gasteiger partial charge in [-0.2, -0.15) is 0 Å². The Morgan fingerprint density at radius 3 is 2.50 bits per heavy atom. The second-order valence-electron chi connectivity index (χ2n) is 7.34. The van der Waals surface area contributed by atoms with Crippen molar-refractivity contribution in [2.24, 2.45) is 0 Å². The number of para-hydroxylation sites is 2. The average Bonchev–Trinajstić information content (AvgIpc) is 2.72. The van der Waals surface area contributed by atoms with Crippen LogP contribution in [0, 0.1) is 0 Å². The lowest BCUT2D eigenvalue weighted by Gasteiger charge is -2.24. The number of carbonyl (C=O) groups is 1. The third-order valence-electron chi connectivity index (χ3n) is 5.27. The Labute approximate surface area is 163 Å². The molecule has 0 radical (unpaired) electrons. The first-order valence-electron chi connectivity index (χ1n) is 9.87. The van der Waals surface area contributed by atoms with E-state index in [0.29, 0.717) is 23.3 Å². The number of amides is 1. The van der Waals surface area contributed by atoms with Crippen LogP contribution in [0.5, 0.6) is 0 Å². The first-order chi connectivity index (χ1) is 13.7. The quantitative estimate of drug-likeness (QED) is 0.710. The van der Waals surface area contributed by atoms with Gasteiger partial charge in [0.05, 0.1) is 24.0 Å². The molecule has 1 aliphatic heterocycles. The number of quaternary nitrogens is 1. The van der Waals surface area contributed by atoms with Crippen molar-refractivity contribution in [3.05, 3.63) is 70.8 Å². The molecular formula is C22H25N4O2+. The van der Waals surface area contributed by atoms with Gasteiger partial charge in [-0.3, -0.25) is 14.2 Å². The van der Waals surface area contributed by atoms with Crippen LogP contribution < -0.4 is 15.8 Å². The fourth-order valence-electron chi connectivity index (χ4n) is 3.83. The summed E-state index contributed by atoms with van der Waals surface area (Å²) in [7, 11) is 0. The highest BCUT2D eigenvalue weighted by molar-refractivity contribution is 5.90. The number of likely N-dealkylation sites (tertiary alicyclic amines) is 1. The molecule has 6 nitrogen and oxygen atoms in total. The Balaban J connectivity index is 1.65. The topological polar surface area (TPSA) is 68.4 Å². The van der Waals surface area contributed by atoms with Crippen LogP contribution in [0.4, 0.5) is 5.69 Å². The number of nitrogens with one attached hydrogen (secondary N) is 2. The van der Waals surface area contributed by atoms with Crippen molar-refractivity contribution in [3.8, 4) is 0 Å². The number of piperidine rings is 1. The zero-order valence-electron chi connectivity index (χ0n) is 15.9. The lowest BCUT2D eigenvalue weighted by Crippen LogP contribution is -3.11. The molecule has 2 heterocycles. The van der Waals surface area contributed by atoms with Crippen molar-refractivity contribution in [1.82, 2.24) is 9.55 Å². The van der Waals surface area contributed by atoms with E-state index in [1.807, 2.05) is 48.5 Å². The fraction of sp³-hybridized carbons (Fsp3) is 0.318. The number of rotatable bonds is 5. The first kappa shape index (κ1) is 18.4. The molecular weight excluding hydrogens is 352 g/mol. The highest BCUT2D eigenvalue weighted by Crippen LogP contribution is 2.09. The first-order valence-corrected chi connectivity index (χ1v) is 9.87. The van der Waals surface area contributed by atoms with E-state index in [-0.39, 0.29) is 18.0 Å². The standard InChI is InChI=1S/C22H24N4O2/c27-21(23-17-9-3-1-4-10-17)16-26-20(15-25-13-7-2-8-14-25)24-19-12-6-5-11-18(19)22(26)28/h1,3-6,9-12H,2,7-8,13-16H2,(H,23,27)/p+1. The largest absolute Gasteiger partial charge is 0.329 e. The summed E-state index contributed by atoms with van der Waals surface area (Å²) >= 11 is 0. The molecule has 1 aromatic heterocycles. The predicted octanol–water partition coefficient (Wildman–Crippen LogP) is 1.60. The predicted molar refractivity (Wildman–Crippen MR) is 109 cm³/mol. The highest BCUT2D eigenvalue weighted by Gasteiger charge is 2.20. The van der Waals surface area contributed by atoms with Gasteiger partial charge in [-0.25, -0.2) is 4.98 Å². The van der Waals surface area contributed by atoms with Gasteiger partial charge >= 0.3 is 0 Å². The van der Waals surface area contributed by atoms with E-state index >= 15 is 0 Å². The van der Waals surface area contributed by atoms with Gasteiger partial charge in [-0.05, 0) is 43.5 Å². The molecule has 1 aliphatic rings. The number of nitrogens with zero attached hydrogens (tertiary/aromatic N) is 2. The molecule has 0 saturated carbocycles. The van der Waals surface area contributed by atoms with Gasteiger partial charge in [0.25, 0.3) is 5.56 Å². The third-order valence-corrected chi connectivity index (χ3v) is 5.27. The van der Waals surface area contributed by atoms with E-state index in [9.17, 15) is 9.59 Å². The van der Waals surface area contributed by atoms with Gasteiger partial charge in [-0.15, -0.1) is 0 Å². The molecule has 28 heavy (non-hydrogen) atoms. The Hall–Kier alpha value is -2.99. The number of hydrogen-bond donors (Lipinski definition) is 2. The molecule has 3 aromatic rings. The Bertz CT molecular complexity index is 1020. The average molecular weight is 377 g/mol. The summed E-state index contributed by atoms with van der Waals surface area (Å²) < 4.78 is 1.54. The van der Waals surface area contributed by atoms with Gasteiger partial charge in [0.1, 0.15) is 13.1 Å².